The Bertz CT molecular complexity index is 1060. The molecule has 1 saturated heterocycles. The second kappa shape index (κ2) is 7.61. The summed E-state index contributed by atoms with van der Waals surface area (Å²) in [7, 11) is -3.74. The lowest BCUT2D eigenvalue weighted by atomic mass is 10.3. The van der Waals surface area contributed by atoms with E-state index in [4.69, 9.17) is 4.74 Å². The fourth-order valence-corrected chi connectivity index (χ4v) is 4.41. The second-order valence-corrected chi connectivity index (χ2v) is 8.41. The Morgan fingerprint density at radius 3 is 2.54 bits per heavy atom. The summed E-state index contributed by atoms with van der Waals surface area (Å²) >= 11 is 0. The first-order valence-corrected chi connectivity index (χ1v) is 10.5. The van der Waals surface area contributed by atoms with Crippen LogP contribution in [0.5, 0.6) is 0 Å². The highest BCUT2D eigenvalue weighted by molar-refractivity contribution is 7.91. The number of morpholine rings is 1. The molecule has 0 amide bonds. The fraction of sp³-hybridized carbons (Fsp3) is 0.263. The number of pyridine rings is 1. The topological polar surface area (TPSA) is 100 Å². The zero-order valence-corrected chi connectivity index (χ0v) is 16.2. The molecule has 146 valence electrons. The fourth-order valence-electron chi connectivity index (χ4n) is 3.04. The summed E-state index contributed by atoms with van der Waals surface area (Å²) < 4.78 is 31.8. The first-order chi connectivity index (χ1) is 13.5. The molecule has 0 atom stereocenters. The smallest absolute Gasteiger partial charge is 0.210 e. The van der Waals surface area contributed by atoms with Crippen molar-refractivity contribution in [1.29, 1.82) is 0 Å². The molecule has 28 heavy (non-hydrogen) atoms. The van der Waals surface area contributed by atoms with Crippen molar-refractivity contribution in [2.45, 2.75) is 16.7 Å². The molecule has 0 radical (unpaired) electrons. The molecule has 2 aromatic heterocycles. The molecule has 1 fully saturated rings. The van der Waals surface area contributed by atoms with E-state index in [9.17, 15) is 8.42 Å². The van der Waals surface area contributed by atoms with Crippen LogP contribution >= 0.6 is 0 Å². The van der Waals surface area contributed by atoms with Gasteiger partial charge in [0, 0.05) is 24.8 Å². The molecule has 9 heteroatoms. The van der Waals surface area contributed by atoms with Gasteiger partial charge in [-0.3, -0.25) is 5.10 Å². The van der Waals surface area contributed by atoms with E-state index in [0.717, 1.165) is 5.69 Å². The van der Waals surface area contributed by atoms with Crippen LogP contribution in [0, 0.1) is 6.92 Å². The van der Waals surface area contributed by atoms with E-state index in [1.54, 1.807) is 48.5 Å². The number of sulfone groups is 1. The van der Waals surface area contributed by atoms with Crippen LogP contribution in [0.15, 0.2) is 58.3 Å². The molecule has 0 spiro atoms. The van der Waals surface area contributed by atoms with Gasteiger partial charge in [-0.05, 0) is 31.2 Å². The molecule has 0 aliphatic carbocycles. The number of hydrogen-bond donors (Lipinski definition) is 2. The van der Waals surface area contributed by atoms with E-state index in [0.29, 0.717) is 37.9 Å². The zero-order valence-electron chi connectivity index (χ0n) is 15.4. The standard InChI is InChI=1S/C19H21N5O3S/c1-14-13-17(23-22-14)20-19-16(28(25,26)15-5-3-2-4-6-15)7-8-18(21-19)24-9-11-27-12-10-24/h2-8,13H,9-12H2,1H3,(H2,20,21,22,23). The number of rotatable bonds is 5. The van der Waals surface area contributed by atoms with E-state index >= 15 is 0 Å². The van der Waals surface area contributed by atoms with E-state index < -0.39 is 9.84 Å². The summed E-state index contributed by atoms with van der Waals surface area (Å²) in [5, 5.41) is 10.0. The molecule has 8 nitrogen and oxygen atoms in total. The number of benzene rings is 1. The summed E-state index contributed by atoms with van der Waals surface area (Å²) in [6.45, 7) is 4.52. The summed E-state index contributed by atoms with van der Waals surface area (Å²) in [5.74, 6) is 1.46. The van der Waals surface area contributed by atoms with Crippen LogP contribution in [0.25, 0.3) is 0 Å². The summed E-state index contributed by atoms with van der Waals surface area (Å²) in [4.78, 5) is 7.02. The van der Waals surface area contributed by atoms with Crippen LogP contribution in [0.4, 0.5) is 17.5 Å². The van der Waals surface area contributed by atoms with Gasteiger partial charge in [-0.2, -0.15) is 5.10 Å². The first kappa shape index (κ1) is 18.5. The van der Waals surface area contributed by atoms with Crippen LogP contribution in [-0.2, 0) is 14.6 Å². The van der Waals surface area contributed by atoms with Crippen LogP contribution in [-0.4, -0.2) is 49.9 Å². The molecule has 0 saturated carbocycles. The molecule has 4 rings (SSSR count). The minimum atomic E-state index is -3.74. The third-order valence-electron chi connectivity index (χ3n) is 4.47. The van der Waals surface area contributed by atoms with Crippen molar-refractivity contribution < 1.29 is 13.2 Å². The first-order valence-electron chi connectivity index (χ1n) is 8.97. The quantitative estimate of drug-likeness (QED) is 0.680. The largest absolute Gasteiger partial charge is 0.378 e. The van der Waals surface area contributed by atoms with Gasteiger partial charge < -0.3 is 15.0 Å². The number of aromatic nitrogens is 3. The second-order valence-electron chi connectivity index (χ2n) is 6.49. The third-order valence-corrected chi connectivity index (χ3v) is 6.28. The highest BCUT2D eigenvalue weighted by atomic mass is 32.2. The van der Waals surface area contributed by atoms with Gasteiger partial charge in [-0.25, -0.2) is 13.4 Å². The lowest BCUT2D eigenvalue weighted by Crippen LogP contribution is -2.36. The van der Waals surface area contributed by atoms with Crippen molar-refractivity contribution in [3.63, 3.8) is 0 Å². The summed E-state index contributed by atoms with van der Waals surface area (Å²) in [5.41, 5.74) is 0.860. The van der Waals surface area contributed by atoms with Gasteiger partial charge in [-0.15, -0.1) is 0 Å². The van der Waals surface area contributed by atoms with Gasteiger partial charge in [0.15, 0.2) is 11.6 Å². The Kier molecular flexibility index (Phi) is 5.01. The minimum absolute atomic E-state index is 0.108. The Balaban J connectivity index is 1.78. The number of nitrogens with one attached hydrogen (secondary N) is 2. The molecule has 1 aromatic carbocycles. The van der Waals surface area contributed by atoms with Gasteiger partial charge in [0.25, 0.3) is 0 Å². The highest BCUT2D eigenvalue weighted by Crippen LogP contribution is 2.30. The lowest BCUT2D eigenvalue weighted by Gasteiger charge is -2.28. The summed E-state index contributed by atoms with van der Waals surface area (Å²) in [6, 6.07) is 13.5. The van der Waals surface area contributed by atoms with Gasteiger partial charge in [0.05, 0.1) is 18.1 Å². The van der Waals surface area contributed by atoms with E-state index in [-0.39, 0.29) is 15.6 Å². The van der Waals surface area contributed by atoms with Gasteiger partial charge in [0.1, 0.15) is 10.7 Å². The third kappa shape index (κ3) is 3.71. The highest BCUT2D eigenvalue weighted by Gasteiger charge is 2.24. The SMILES string of the molecule is Cc1cc(Nc2nc(N3CCOCC3)ccc2S(=O)(=O)c2ccccc2)n[nH]1. The Hall–Kier alpha value is -2.91. The van der Waals surface area contributed by atoms with Crippen molar-refractivity contribution in [3.05, 3.63) is 54.2 Å². The molecule has 3 heterocycles. The average Bonchev–Trinajstić information content (AvgIpc) is 3.14. The van der Waals surface area contributed by atoms with E-state index in [2.05, 4.69) is 25.4 Å². The molecule has 0 unspecified atom stereocenters. The Labute approximate surface area is 163 Å². The predicted octanol–water partition coefficient (Wildman–Crippen LogP) is 2.53. The van der Waals surface area contributed by atoms with Crippen LogP contribution in [0.1, 0.15) is 5.69 Å². The molecule has 1 aliphatic rings. The van der Waals surface area contributed by atoms with Crippen LogP contribution in [0.3, 0.4) is 0 Å². The minimum Gasteiger partial charge on any atom is -0.378 e. The number of H-pyrrole nitrogens is 1. The molecule has 2 N–H and O–H groups in total. The Morgan fingerprint density at radius 2 is 1.86 bits per heavy atom. The van der Waals surface area contributed by atoms with Crippen molar-refractivity contribution in [1.82, 2.24) is 15.2 Å². The molecule has 0 bridgehead atoms. The van der Waals surface area contributed by atoms with Gasteiger partial charge in [-0.1, -0.05) is 18.2 Å². The normalized spacial score (nSPS) is 14.8. The maximum Gasteiger partial charge on any atom is 0.210 e. The molecule has 1 aliphatic heterocycles. The average molecular weight is 399 g/mol. The molecular formula is C19H21N5O3S. The predicted molar refractivity (Wildman–Crippen MR) is 106 cm³/mol. The van der Waals surface area contributed by atoms with Crippen LogP contribution < -0.4 is 10.2 Å². The number of ether oxygens (including phenoxy) is 1. The van der Waals surface area contributed by atoms with Gasteiger partial charge in [0.2, 0.25) is 9.84 Å². The Morgan fingerprint density at radius 1 is 1.11 bits per heavy atom. The lowest BCUT2D eigenvalue weighted by molar-refractivity contribution is 0.122. The van der Waals surface area contributed by atoms with Crippen molar-refractivity contribution in [2.75, 3.05) is 36.5 Å². The number of anilines is 3. The van der Waals surface area contributed by atoms with Crippen molar-refractivity contribution in [2.24, 2.45) is 0 Å². The van der Waals surface area contributed by atoms with Crippen molar-refractivity contribution >= 4 is 27.3 Å². The number of hydrogen-bond acceptors (Lipinski definition) is 7. The van der Waals surface area contributed by atoms with Crippen LogP contribution in [0.2, 0.25) is 0 Å². The maximum absolute atomic E-state index is 13.2. The molecular weight excluding hydrogens is 378 g/mol. The number of aryl methyl sites for hydroxylation is 1. The maximum atomic E-state index is 13.2. The van der Waals surface area contributed by atoms with E-state index in [1.807, 2.05) is 6.92 Å². The number of nitrogens with zero attached hydrogens (tertiary/aromatic N) is 3. The number of aromatic amines is 1. The summed E-state index contributed by atoms with van der Waals surface area (Å²) in [6.07, 6.45) is 0. The van der Waals surface area contributed by atoms with Crippen molar-refractivity contribution in [3.8, 4) is 0 Å². The molecule has 3 aromatic rings. The monoisotopic (exact) mass is 399 g/mol. The zero-order chi connectivity index (χ0) is 19.6. The van der Waals surface area contributed by atoms with Gasteiger partial charge >= 0.3 is 0 Å². The van der Waals surface area contributed by atoms with E-state index in [1.165, 1.54) is 0 Å².